The number of rotatable bonds is 4. The van der Waals surface area contributed by atoms with Crippen LogP contribution in [0.4, 0.5) is 10.2 Å². The summed E-state index contributed by atoms with van der Waals surface area (Å²) in [5.74, 6) is 0.767. The molecule has 0 aliphatic rings. The molecule has 0 radical (unpaired) electrons. The minimum Gasteiger partial charge on any atom is -0.445 e. The fourth-order valence-electron chi connectivity index (χ4n) is 2.31. The van der Waals surface area contributed by atoms with E-state index >= 15 is 0 Å². The van der Waals surface area contributed by atoms with Crippen LogP contribution in [-0.4, -0.2) is 21.1 Å². The zero-order chi connectivity index (χ0) is 17.3. The minimum atomic E-state index is -0.431. The molecule has 0 aliphatic heterocycles. The first-order valence-corrected chi connectivity index (χ1v) is 7.72. The number of nitrogens with one attached hydrogen (secondary N) is 2. The summed E-state index contributed by atoms with van der Waals surface area (Å²) in [6.07, 6.45) is 2.23. The Balaban J connectivity index is 1.64. The molecular weight excluding hydrogens is 311 g/mol. The van der Waals surface area contributed by atoms with E-state index in [2.05, 4.69) is 20.5 Å². The third kappa shape index (κ3) is 3.29. The molecule has 2 heterocycles. The summed E-state index contributed by atoms with van der Waals surface area (Å²) in [7, 11) is 0. The summed E-state index contributed by atoms with van der Waals surface area (Å²) in [6.45, 7) is 6.09. The van der Waals surface area contributed by atoms with Crippen LogP contribution < -0.4 is 5.32 Å². The van der Waals surface area contributed by atoms with Gasteiger partial charge in [0.1, 0.15) is 11.6 Å². The number of anilines is 1. The molecule has 0 saturated carbocycles. The number of carbonyl (C=O) groups excluding carboxylic acids is 1. The second-order valence-electron chi connectivity index (χ2n) is 6.65. The van der Waals surface area contributed by atoms with Gasteiger partial charge in [-0.25, -0.2) is 9.37 Å². The topological polar surface area (TPSA) is 83.8 Å². The van der Waals surface area contributed by atoms with Gasteiger partial charge in [-0.1, -0.05) is 26.8 Å². The molecular formula is C17H19FN4O2. The van der Waals surface area contributed by atoms with E-state index in [1.54, 1.807) is 18.3 Å². The molecule has 0 fully saturated rings. The van der Waals surface area contributed by atoms with Gasteiger partial charge in [0.25, 0.3) is 0 Å². The zero-order valence-corrected chi connectivity index (χ0v) is 13.8. The summed E-state index contributed by atoms with van der Waals surface area (Å²) in [5.41, 5.74) is 0.409. The number of aryl methyl sites for hydroxylation is 1. The van der Waals surface area contributed by atoms with Crippen LogP contribution in [0.1, 0.15) is 38.8 Å². The number of fused-ring (bicyclic) bond motifs is 1. The quantitative estimate of drug-likeness (QED) is 0.766. The van der Waals surface area contributed by atoms with E-state index in [4.69, 9.17) is 4.42 Å². The van der Waals surface area contributed by atoms with E-state index in [9.17, 15) is 9.18 Å². The monoisotopic (exact) mass is 330 g/mol. The Morgan fingerprint density at radius 1 is 1.38 bits per heavy atom. The minimum absolute atomic E-state index is 0.126. The standard InChI is InChI=1S/C17H19FN4O2/c1-17(2,3)12-9-19-14(24-12)8-7-13(23)20-16-15-10(18)5-4-6-11(15)21-22-16/h4-6,9H,7-8H2,1-3H3,(H2,20,21,22,23). The summed E-state index contributed by atoms with van der Waals surface area (Å²) in [6, 6.07) is 4.60. The first kappa shape index (κ1) is 16.2. The molecule has 6 nitrogen and oxygen atoms in total. The van der Waals surface area contributed by atoms with Gasteiger partial charge in [0.05, 0.1) is 17.1 Å². The van der Waals surface area contributed by atoms with Crippen molar-refractivity contribution in [1.29, 1.82) is 0 Å². The maximum absolute atomic E-state index is 13.9. The first-order chi connectivity index (χ1) is 11.3. The number of benzene rings is 1. The van der Waals surface area contributed by atoms with Crippen molar-refractivity contribution in [3.63, 3.8) is 0 Å². The highest BCUT2D eigenvalue weighted by Crippen LogP contribution is 2.24. The summed E-state index contributed by atoms with van der Waals surface area (Å²) >= 11 is 0. The lowest BCUT2D eigenvalue weighted by molar-refractivity contribution is -0.116. The van der Waals surface area contributed by atoms with Gasteiger partial charge in [-0.15, -0.1) is 0 Å². The number of H-pyrrole nitrogens is 1. The number of nitrogens with zero attached hydrogens (tertiary/aromatic N) is 2. The Morgan fingerprint density at radius 3 is 2.88 bits per heavy atom. The average molecular weight is 330 g/mol. The maximum atomic E-state index is 13.9. The molecule has 0 saturated heterocycles. The molecule has 0 atom stereocenters. The fourth-order valence-corrected chi connectivity index (χ4v) is 2.31. The van der Waals surface area contributed by atoms with Gasteiger partial charge < -0.3 is 9.73 Å². The van der Waals surface area contributed by atoms with Gasteiger partial charge >= 0.3 is 0 Å². The van der Waals surface area contributed by atoms with Crippen LogP contribution in [0.2, 0.25) is 0 Å². The Bertz CT molecular complexity index is 876. The van der Waals surface area contributed by atoms with E-state index in [0.717, 1.165) is 5.76 Å². The second kappa shape index (κ2) is 6.07. The molecule has 2 aromatic heterocycles. The summed E-state index contributed by atoms with van der Waals surface area (Å²) in [4.78, 5) is 16.3. The molecule has 2 N–H and O–H groups in total. The number of amides is 1. The molecule has 3 aromatic rings. The van der Waals surface area contributed by atoms with Gasteiger partial charge in [0.15, 0.2) is 11.7 Å². The number of hydrogen-bond donors (Lipinski definition) is 2. The largest absolute Gasteiger partial charge is 0.445 e. The number of aromatic amines is 1. The highest BCUT2D eigenvalue weighted by molar-refractivity contribution is 5.99. The van der Waals surface area contributed by atoms with Crippen molar-refractivity contribution < 1.29 is 13.6 Å². The van der Waals surface area contributed by atoms with Crippen LogP contribution in [0.5, 0.6) is 0 Å². The lowest BCUT2D eigenvalue weighted by atomic mass is 9.94. The molecule has 7 heteroatoms. The van der Waals surface area contributed by atoms with Crippen LogP contribution >= 0.6 is 0 Å². The zero-order valence-electron chi connectivity index (χ0n) is 13.8. The van der Waals surface area contributed by atoms with Crippen molar-refractivity contribution in [2.75, 3.05) is 5.32 Å². The molecule has 0 spiro atoms. The van der Waals surface area contributed by atoms with Gasteiger partial charge in [0, 0.05) is 18.3 Å². The number of halogens is 1. The first-order valence-electron chi connectivity index (χ1n) is 7.72. The Hall–Kier alpha value is -2.70. The number of oxazole rings is 1. The van der Waals surface area contributed by atoms with Crippen molar-refractivity contribution in [3.05, 3.63) is 41.9 Å². The van der Waals surface area contributed by atoms with E-state index in [0.29, 0.717) is 17.8 Å². The number of hydrogen-bond acceptors (Lipinski definition) is 4. The molecule has 0 bridgehead atoms. The highest BCUT2D eigenvalue weighted by Gasteiger charge is 2.19. The van der Waals surface area contributed by atoms with Crippen molar-refractivity contribution >= 4 is 22.6 Å². The highest BCUT2D eigenvalue weighted by atomic mass is 19.1. The van der Waals surface area contributed by atoms with E-state index in [1.807, 2.05) is 20.8 Å². The fraction of sp³-hybridized carbons (Fsp3) is 0.353. The van der Waals surface area contributed by atoms with E-state index in [1.165, 1.54) is 6.07 Å². The van der Waals surface area contributed by atoms with Crippen molar-refractivity contribution in [3.8, 4) is 0 Å². The van der Waals surface area contributed by atoms with Crippen molar-refractivity contribution in [2.24, 2.45) is 0 Å². The molecule has 0 aliphatic carbocycles. The predicted octanol–water partition coefficient (Wildman–Crippen LogP) is 3.56. The Kier molecular flexibility index (Phi) is 4.09. The third-order valence-electron chi connectivity index (χ3n) is 3.66. The van der Waals surface area contributed by atoms with Crippen LogP contribution in [0.25, 0.3) is 10.9 Å². The summed E-state index contributed by atoms with van der Waals surface area (Å²) in [5, 5.41) is 9.54. The Morgan fingerprint density at radius 2 is 2.17 bits per heavy atom. The maximum Gasteiger partial charge on any atom is 0.226 e. The van der Waals surface area contributed by atoms with Crippen LogP contribution in [0, 0.1) is 5.82 Å². The molecule has 24 heavy (non-hydrogen) atoms. The number of aromatic nitrogens is 3. The SMILES string of the molecule is CC(C)(C)c1cnc(CCC(=O)Nc2n[nH]c3cccc(F)c23)o1. The third-order valence-corrected chi connectivity index (χ3v) is 3.66. The second-order valence-corrected chi connectivity index (χ2v) is 6.65. The molecule has 126 valence electrons. The lowest BCUT2D eigenvalue weighted by Crippen LogP contribution is -2.13. The molecule has 1 aromatic carbocycles. The van der Waals surface area contributed by atoms with E-state index < -0.39 is 5.82 Å². The van der Waals surface area contributed by atoms with Gasteiger partial charge in [-0.05, 0) is 12.1 Å². The van der Waals surface area contributed by atoms with Crippen LogP contribution in [0.3, 0.4) is 0 Å². The predicted molar refractivity (Wildman–Crippen MR) is 88.2 cm³/mol. The number of carbonyl (C=O) groups is 1. The Labute approximate surface area is 138 Å². The molecule has 0 unspecified atom stereocenters. The smallest absolute Gasteiger partial charge is 0.226 e. The van der Waals surface area contributed by atoms with Crippen LogP contribution in [-0.2, 0) is 16.6 Å². The van der Waals surface area contributed by atoms with Crippen molar-refractivity contribution in [2.45, 2.75) is 39.0 Å². The van der Waals surface area contributed by atoms with Gasteiger partial charge in [0.2, 0.25) is 5.91 Å². The lowest BCUT2D eigenvalue weighted by Gasteiger charge is -2.13. The molecule has 3 rings (SSSR count). The summed E-state index contributed by atoms with van der Waals surface area (Å²) < 4.78 is 19.5. The normalized spacial score (nSPS) is 11.8. The average Bonchev–Trinajstić information content (AvgIpc) is 3.13. The van der Waals surface area contributed by atoms with Gasteiger partial charge in [-0.2, -0.15) is 5.10 Å². The van der Waals surface area contributed by atoms with Gasteiger partial charge in [-0.3, -0.25) is 9.89 Å². The van der Waals surface area contributed by atoms with Crippen LogP contribution in [0.15, 0.2) is 28.8 Å². The molecule has 1 amide bonds. The van der Waals surface area contributed by atoms with E-state index in [-0.39, 0.29) is 28.9 Å². The van der Waals surface area contributed by atoms with Crippen molar-refractivity contribution in [1.82, 2.24) is 15.2 Å².